The fourth-order valence-corrected chi connectivity index (χ4v) is 2.99. The zero-order valence-corrected chi connectivity index (χ0v) is 11.8. The highest BCUT2D eigenvalue weighted by atomic mass is 16.3. The lowest BCUT2D eigenvalue weighted by molar-refractivity contribution is -0.120. The largest absolute Gasteiger partial charge is 0.508 e. The summed E-state index contributed by atoms with van der Waals surface area (Å²) in [6.07, 6.45) is 5.50. The highest BCUT2D eigenvalue weighted by Crippen LogP contribution is 2.36. The Labute approximate surface area is 123 Å². The molecule has 2 aliphatic rings. The number of rotatable bonds is 3. The minimum Gasteiger partial charge on any atom is -0.508 e. The first-order valence-electron chi connectivity index (χ1n) is 7.17. The molecule has 1 aliphatic heterocycles. The Kier molecular flexibility index (Phi) is 3.37. The van der Waals surface area contributed by atoms with Crippen LogP contribution in [-0.2, 0) is 16.0 Å². The number of phenolic OH excluding ortho intramolecular Hbond substituents is 1. The van der Waals surface area contributed by atoms with Crippen LogP contribution in [0.5, 0.6) is 5.75 Å². The molecule has 1 aromatic rings. The number of anilines is 1. The van der Waals surface area contributed by atoms with Crippen molar-refractivity contribution >= 4 is 17.5 Å². The molecule has 0 bridgehead atoms. The predicted molar refractivity (Wildman–Crippen MR) is 80.0 cm³/mol. The average Bonchev–Trinajstić information content (AvgIpc) is 2.74. The van der Waals surface area contributed by atoms with Gasteiger partial charge in [0.05, 0.1) is 5.69 Å². The number of hydrogen-bond acceptors (Lipinski definition) is 3. The summed E-state index contributed by atoms with van der Waals surface area (Å²) in [6, 6.07) is 4.91. The van der Waals surface area contributed by atoms with Gasteiger partial charge in [0.15, 0.2) is 0 Å². The maximum absolute atomic E-state index is 12.4. The van der Waals surface area contributed by atoms with E-state index in [1.807, 2.05) is 0 Å². The topological polar surface area (TPSA) is 57.6 Å². The summed E-state index contributed by atoms with van der Waals surface area (Å²) in [5, 5.41) is 10.0. The van der Waals surface area contributed by atoms with Gasteiger partial charge in [-0.15, -0.1) is 6.58 Å². The molecule has 108 valence electrons. The van der Waals surface area contributed by atoms with Crippen LogP contribution in [0.2, 0.25) is 0 Å². The second-order valence-electron chi connectivity index (χ2n) is 5.42. The van der Waals surface area contributed by atoms with Crippen LogP contribution in [0.15, 0.2) is 42.0 Å². The maximum atomic E-state index is 12.4. The molecule has 1 N–H and O–H groups in total. The van der Waals surface area contributed by atoms with Gasteiger partial charge in [0.2, 0.25) is 0 Å². The number of aromatic hydroxyl groups is 1. The molecule has 0 aromatic heterocycles. The van der Waals surface area contributed by atoms with Crippen LogP contribution in [0.25, 0.3) is 0 Å². The zero-order chi connectivity index (χ0) is 15.0. The predicted octanol–water partition coefficient (Wildman–Crippen LogP) is 2.86. The molecule has 4 nitrogen and oxygen atoms in total. The molecule has 0 saturated heterocycles. The summed E-state index contributed by atoms with van der Waals surface area (Å²) in [5.74, 6) is -0.381. The monoisotopic (exact) mass is 283 g/mol. The molecule has 21 heavy (non-hydrogen) atoms. The minimum absolute atomic E-state index is 0.0814. The summed E-state index contributed by atoms with van der Waals surface area (Å²) in [4.78, 5) is 26.0. The molecule has 0 unspecified atom stereocenters. The van der Waals surface area contributed by atoms with Gasteiger partial charge in [-0.2, -0.15) is 0 Å². The molecule has 1 aromatic carbocycles. The first-order valence-corrected chi connectivity index (χ1v) is 7.17. The van der Waals surface area contributed by atoms with Gasteiger partial charge in [0, 0.05) is 17.2 Å². The van der Waals surface area contributed by atoms with E-state index in [0.29, 0.717) is 36.1 Å². The number of carbonyl (C=O) groups is 2. The minimum atomic E-state index is -0.231. The van der Waals surface area contributed by atoms with Gasteiger partial charge in [0.25, 0.3) is 11.8 Å². The van der Waals surface area contributed by atoms with Crippen LogP contribution in [0.4, 0.5) is 5.69 Å². The van der Waals surface area contributed by atoms with Crippen LogP contribution >= 0.6 is 0 Å². The van der Waals surface area contributed by atoms with Crippen molar-refractivity contribution in [2.24, 2.45) is 0 Å². The number of imide groups is 1. The Bertz CT molecular complexity index is 645. The van der Waals surface area contributed by atoms with Crippen LogP contribution in [0.3, 0.4) is 0 Å². The van der Waals surface area contributed by atoms with Gasteiger partial charge in [-0.1, -0.05) is 12.1 Å². The van der Waals surface area contributed by atoms with E-state index in [-0.39, 0.29) is 17.6 Å². The molecule has 0 fully saturated rings. The molecule has 1 heterocycles. The molecule has 1 aliphatic carbocycles. The summed E-state index contributed by atoms with van der Waals surface area (Å²) < 4.78 is 0. The van der Waals surface area contributed by atoms with Crippen molar-refractivity contribution in [1.82, 2.24) is 0 Å². The smallest absolute Gasteiger partial charge is 0.261 e. The van der Waals surface area contributed by atoms with E-state index >= 15 is 0 Å². The summed E-state index contributed by atoms with van der Waals surface area (Å²) in [6.45, 7) is 3.63. The van der Waals surface area contributed by atoms with E-state index < -0.39 is 0 Å². The quantitative estimate of drug-likeness (QED) is 0.685. The number of phenols is 1. The molecular formula is C17H17NO3. The average molecular weight is 283 g/mol. The van der Waals surface area contributed by atoms with Crippen LogP contribution in [0.1, 0.15) is 31.2 Å². The Balaban J connectivity index is 1.95. The molecule has 0 saturated carbocycles. The third-order valence-corrected chi connectivity index (χ3v) is 4.08. The van der Waals surface area contributed by atoms with Crippen molar-refractivity contribution in [2.75, 3.05) is 4.90 Å². The van der Waals surface area contributed by atoms with Gasteiger partial charge in [-0.25, -0.2) is 4.90 Å². The summed E-state index contributed by atoms with van der Waals surface area (Å²) in [7, 11) is 0. The van der Waals surface area contributed by atoms with Crippen molar-refractivity contribution < 1.29 is 14.7 Å². The van der Waals surface area contributed by atoms with Crippen molar-refractivity contribution in [2.45, 2.75) is 32.1 Å². The van der Waals surface area contributed by atoms with Crippen molar-refractivity contribution in [3.05, 3.63) is 47.6 Å². The number of benzene rings is 1. The Morgan fingerprint density at radius 2 is 1.76 bits per heavy atom. The van der Waals surface area contributed by atoms with Crippen molar-refractivity contribution in [3.63, 3.8) is 0 Å². The van der Waals surface area contributed by atoms with E-state index in [4.69, 9.17) is 0 Å². The number of amides is 2. The molecule has 2 amide bonds. The van der Waals surface area contributed by atoms with E-state index in [1.165, 1.54) is 11.0 Å². The first-order chi connectivity index (χ1) is 10.1. The normalized spacial score (nSPS) is 18.2. The SMILES string of the molecule is C=CCc1ccc(N2C(=O)C3=C(CCCC3)C2=O)cc1O. The maximum Gasteiger partial charge on any atom is 0.261 e. The second kappa shape index (κ2) is 5.20. The molecule has 3 rings (SSSR count). The number of allylic oxidation sites excluding steroid dienone is 1. The number of hydrogen-bond donors (Lipinski definition) is 1. The number of nitrogens with zero attached hydrogens (tertiary/aromatic N) is 1. The lowest BCUT2D eigenvalue weighted by Crippen LogP contribution is -2.31. The van der Waals surface area contributed by atoms with E-state index in [2.05, 4.69) is 6.58 Å². The molecule has 0 spiro atoms. The molecule has 0 radical (unpaired) electrons. The lowest BCUT2D eigenvalue weighted by Gasteiger charge is -2.16. The van der Waals surface area contributed by atoms with Gasteiger partial charge in [0.1, 0.15) is 5.75 Å². The first kappa shape index (κ1) is 13.6. The van der Waals surface area contributed by atoms with Gasteiger partial charge >= 0.3 is 0 Å². The Morgan fingerprint density at radius 3 is 2.29 bits per heavy atom. The molecular weight excluding hydrogens is 266 g/mol. The Hall–Kier alpha value is -2.36. The lowest BCUT2D eigenvalue weighted by atomic mass is 9.93. The second-order valence-corrected chi connectivity index (χ2v) is 5.42. The van der Waals surface area contributed by atoms with Gasteiger partial charge in [-0.05, 0) is 43.7 Å². The third kappa shape index (κ3) is 2.17. The van der Waals surface area contributed by atoms with E-state index in [9.17, 15) is 14.7 Å². The van der Waals surface area contributed by atoms with Crippen LogP contribution in [-0.4, -0.2) is 16.9 Å². The van der Waals surface area contributed by atoms with E-state index in [0.717, 1.165) is 18.4 Å². The van der Waals surface area contributed by atoms with Gasteiger partial charge in [-0.3, -0.25) is 9.59 Å². The summed E-state index contributed by atoms with van der Waals surface area (Å²) >= 11 is 0. The van der Waals surface area contributed by atoms with E-state index in [1.54, 1.807) is 18.2 Å². The fraction of sp³-hybridized carbons (Fsp3) is 0.294. The van der Waals surface area contributed by atoms with Crippen molar-refractivity contribution in [1.29, 1.82) is 0 Å². The zero-order valence-electron chi connectivity index (χ0n) is 11.8. The molecule has 4 heteroatoms. The fourth-order valence-electron chi connectivity index (χ4n) is 2.99. The third-order valence-electron chi connectivity index (χ3n) is 4.08. The number of carbonyl (C=O) groups excluding carboxylic acids is 2. The van der Waals surface area contributed by atoms with Gasteiger partial charge < -0.3 is 5.11 Å². The molecule has 0 atom stereocenters. The highest BCUT2D eigenvalue weighted by molar-refractivity contribution is 6.33. The standard InChI is InChI=1S/C17H17NO3/c1-2-5-11-8-9-12(10-15(11)19)18-16(20)13-6-3-4-7-14(13)17(18)21/h2,8-10,19H,1,3-7H2. The van der Waals surface area contributed by atoms with Crippen LogP contribution < -0.4 is 4.90 Å². The Morgan fingerprint density at radius 1 is 1.14 bits per heavy atom. The highest BCUT2D eigenvalue weighted by Gasteiger charge is 2.39. The summed E-state index contributed by atoms with van der Waals surface area (Å²) in [5.41, 5.74) is 2.47. The van der Waals surface area contributed by atoms with Crippen LogP contribution in [0, 0.1) is 0 Å². The van der Waals surface area contributed by atoms with Crippen molar-refractivity contribution in [3.8, 4) is 5.75 Å².